The van der Waals surface area contributed by atoms with Crippen LogP contribution in [0.5, 0.6) is 5.75 Å². The minimum Gasteiger partial charge on any atom is -0.493 e. The van der Waals surface area contributed by atoms with Crippen LogP contribution in [0.3, 0.4) is 0 Å². The molecule has 1 N–H and O–H groups in total. The van der Waals surface area contributed by atoms with Gasteiger partial charge >= 0.3 is 0 Å². The summed E-state index contributed by atoms with van der Waals surface area (Å²) in [5.74, 6) is 1.32. The maximum Gasteiger partial charge on any atom is 0.125 e. The molecule has 0 aliphatic heterocycles. The minimum atomic E-state index is -0.797. The van der Waals surface area contributed by atoms with Crippen molar-refractivity contribution in [3.8, 4) is 5.75 Å². The Bertz CT molecular complexity index is 529. The Morgan fingerprint density at radius 2 is 2.06 bits per heavy atom. The van der Waals surface area contributed by atoms with Crippen molar-refractivity contribution >= 4 is 0 Å². The zero-order valence-corrected chi connectivity index (χ0v) is 10.5. The molecule has 0 saturated heterocycles. The van der Waals surface area contributed by atoms with Crippen molar-refractivity contribution in [1.82, 2.24) is 9.97 Å². The van der Waals surface area contributed by atoms with Crippen molar-refractivity contribution < 1.29 is 9.84 Å². The molecule has 1 heterocycles. The monoisotopic (exact) mass is 244 g/mol. The fraction of sp³-hybridized carbons (Fsp3) is 0.286. The lowest BCUT2D eigenvalue weighted by atomic mass is 10.1. The van der Waals surface area contributed by atoms with Crippen molar-refractivity contribution in [3.05, 3.63) is 53.6 Å². The SMILES string of the molecule is CCOc1ccccc1C(O)c1ccnc(C)n1. The van der Waals surface area contributed by atoms with Crippen LogP contribution in [-0.4, -0.2) is 21.7 Å². The van der Waals surface area contributed by atoms with Gasteiger partial charge in [0.1, 0.15) is 17.7 Å². The number of hydrogen-bond donors (Lipinski definition) is 1. The number of rotatable bonds is 4. The first-order valence-corrected chi connectivity index (χ1v) is 5.91. The standard InChI is InChI=1S/C14H16N2O2/c1-3-18-13-7-5-4-6-11(13)14(17)12-8-9-15-10(2)16-12/h4-9,14,17H,3H2,1-2H3. The summed E-state index contributed by atoms with van der Waals surface area (Å²) in [6, 6.07) is 9.14. The quantitative estimate of drug-likeness (QED) is 0.896. The van der Waals surface area contributed by atoms with Gasteiger partial charge in [0.15, 0.2) is 0 Å². The van der Waals surface area contributed by atoms with E-state index in [0.29, 0.717) is 23.9 Å². The third-order valence-corrected chi connectivity index (χ3v) is 2.59. The molecule has 4 nitrogen and oxygen atoms in total. The third kappa shape index (κ3) is 2.65. The van der Waals surface area contributed by atoms with Crippen LogP contribution in [0.1, 0.15) is 30.1 Å². The van der Waals surface area contributed by atoms with Crippen LogP contribution < -0.4 is 4.74 Å². The average molecular weight is 244 g/mol. The highest BCUT2D eigenvalue weighted by molar-refractivity contribution is 5.38. The van der Waals surface area contributed by atoms with Gasteiger partial charge < -0.3 is 9.84 Å². The van der Waals surface area contributed by atoms with Gasteiger partial charge in [-0.1, -0.05) is 18.2 Å². The number of aromatic nitrogens is 2. The smallest absolute Gasteiger partial charge is 0.125 e. The first-order valence-electron chi connectivity index (χ1n) is 5.91. The third-order valence-electron chi connectivity index (χ3n) is 2.59. The van der Waals surface area contributed by atoms with E-state index in [1.54, 1.807) is 19.2 Å². The van der Waals surface area contributed by atoms with Gasteiger partial charge in [-0.3, -0.25) is 0 Å². The van der Waals surface area contributed by atoms with Gasteiger partial charge in [0, 0.05) is 11.8 Å². The number of nitrogens with zero attached hydrogens (tertiary/aromatic N) is 2. The summed E-state index contributed by atoms with van der Waals surface area (Å²) in [6.07, 6.45) is 0.846. The van der Waals surface area contributed by atoms with Gasteiger partial charge in [-0.05, 0) is 26.0 Å². The van der Waals surface area contributed by atoms with E-state index in [1.807, 2.05) is 31.2 Å². The maximum atomic E-state index is 10.4. The lowest BCUT2D eigenvalue weighted by molar-refractivity contribution is 0.207. The molecule has 4 heteroatoms. The molecule has 0 radical (unpaired) electrons. The Labute approximate surface area is 106 Å². The van der Waals surface area contributed by atoms with Crippen LogP contribution in [0.4, 0.5) is 0 Å². The molecule has 18 heavy (non-hydrogen) atoms. The molecule has 1 atom stereocenters. The molecule has 0 bridgehead atoms. The van der Waals surface area contributed by atoms with E-state index in [0.717, 1.165) is 5.56 Å². The van der Waals surface area contributed by atoms with E-state index in [4.69, 9.17) is 4.74 Å². The number of aliphatic hydroxyl groups excluding tert-OH is 1. The molecule has 2 rings (SSSR count). The molecule has 1 unspecified atom stereocenters. The fourth-order valence-electron chi connectivity index (χ4n) is 1.78. The van der Waals surface area contributed by atoms with E-state index in [-0.39, 0.29) is 0 Å². The zero-order valence-electron chi connectivity index (χ0n) is 10.5. The van der Waals surface area contributed by atoms with E-state index in [1.165, 1.54) is 0 Å². The van der Waals surface area contributed by atoms with E-state index in [9.17, 15) is 5.11 Å². The molecule has 2 aromatic rings. The summed E-state index contributed by atoms with van der Waals surface area (Å²) in [5, 5.41) is 10.4. The second kappa shape index (κ2) is 5.60. The number of aryl methyl sites for hydroxylation is 1. The van der Waals surface area contributed by atoms with Crippen molar-refractivity contribution in [3.63, 3.8) is 0 Å². The Hall–Kier alpha value is -1.94. The number of hydrogen-bond acceptors (Lipinski definition) is 4. The van der Waals surface area contributed by atoms with Gasteiger partial charge in [0.2, 0.25) is 0 Å². The van der Waals surface area contributed by atoms with Gasteiger partial charge in [-0.15, -0.1) is 0 Å². The summed E-state index contributed by atoms with van der Waals surface area (Å²) in [4.78, 5) is 8.26. The van der Waals surface area contributed by atoms with Crippen molar-refractivity contribution in [2.24, 2.45) is 0 Å². The van der Waals surface area contributed by atoms with Crippen molar-refractivity contribution in [2.75, 3.05) is 6.61 Å². The summed E-state index contributed by atoms with van der Waals surface area (Å²) in [5.41, 5.74) is 1.30. The highest BCUT2D eigenvalue weighted by Gasteiger charge is 2.16. The largest absolute Gasteiger partial charge is 0.493 e. The lowest BCUT2D eigenvalue weighted by Gasteiger charge is -2.15. The summed E-state index contributed by atoms with van der Waals surface area (Å²) >= 11 is 0. The predicted molar refractivity (Wildman–Crippen MR) is 68.4 cm³/mol. The molecular weight excluding hydrogens is 228 g/mol. The molecule has 1 aromatic carbocycles. The van der Waals surface area contributed by atoms with Gasteiger partial charge in [-0.2, -0.15) is 0 Å². The van der Waals surface area contributed by atoms with Gasteiger partial charge in [0.25, 0.3) is 0 Å². The minimum absolute atomic E-state index is 0.562. The van der Waals surface area contributed by atoms with E-state index in [2.05, 4.69) is 9.97 Å². The Morgan fingerprint density at radius 3 is 2.78 bits per heavy atom. The molecule has 0 spiro atoms. The van der Waals surface area contributed by atoms with Crippen LogP contribution in [-0.2, 0) is 0 Å². The van der Waals surface area contributed by atoms with Crippen LogP contribution in [0.15, 0.2) is 36.5 Å². The maximum absolute atomic E-state index is 10.4. The molecule has 0 amide bonds. The van der Waals surface area contributed by atoms with Crippen molar-refractivity contribution in [2.45, 2.75) is 20.0 Å². The van der Waals surface area contributed by atoms with Crippen LogP contribution >= 0.6 is 0 Å². The van der Waals surface area contributed by atoms with Gasteiger partial charge in [0.05, 0.1) is 12.3 Å². The highest BCUT2D eigenvalue weighted by atomic mass is 16.5. The zero-order chi connectivity index (χ0) is 13.0. The topological polar surface area (TPSA) is 55.2 Å². The summed E-state index contributed by atoms with van der Waals surface area (Å²) in [7, 11) is 0. The summed E-state index contributed by atoms with van der Waals surface area (Å²) in [6.45, 7) is 4.27. The predicted octanol–water partition coefficient (Wildman–Crippen LogP) is 2.27. The molecule has 0 saturated carbocycles. The summed E-state index contributed by atoms with van der Waals surface area (Å²) < 4.78 is 5.51. The Balaban J connectivity index is 2.36. The van der Waals surface area contributed by atoms with Crippen LogP contribution in [0.25, 0.3) is 0 Å². The first-order chi connectivity index (χ1) is 8.72. The molecular formula is C14H16N2O2. The second-order valence-electron chi connectivity index (χ2n) is 3.90. The molecule has 94 valence electrons. The van der Waals surface area contributed by atoms with Gasteiger partial charge in [-0.25, -0.2) is 9.97 Å². The Kier molecular flexibility index (Phi) is 3.89. The van der Waals surface area contributed by atoms with E-state index >= 15 is 0 Å². The number of aliphatic hydroxyl groups is 1. The molecule has 0 fully saturated rings. The number of benzene rings is 1. The average Bonchev–Trinajstić information content (AvgIpc) is 2.39. The molecule has 0 aliphatic rings. The number of para-hydroxylation sites is 1. The fourth-order valence-corrected chi connectivity index (χ4v) is 1.78. The van der Waals surface area contributed by atoms with Crippen molar-refractivity contribution in [1.29, 1.82) is 0 Å². The second-order valence-corrected chi connectivity index (χ2v) is 3.90. The first kappa shape index (κ1) is 12.5. The lowest BCUT2D eigenvalue weighted by Crippen LogP contribution is -2.06. The highest BCUT2D eigenvalue weighted by Crippen LogP contribution is 2.28. The normalized spacial score (nSPS) is 12.2. The van der Waals surface area contributed by atoms with E-state index < -0.39 is 6.10 Å². The molecule has 0 aliphatic carbocycles. The Morgan fingerprint density at radius 1 is 1.28 bits per heavy atom. The molecule has 1 aromatic heterocycles. The number of ether oxygens (including phenoxy) is 1. The van der Waals surface area contributed by atoms with Crippen LogP contribution in [0.2, 0.25) is 0 Å². The van der Waals surface area contributed by atoms with Crippen LogP contribution in [0, 0.1) is 6.92 Å².